The lowest BCUT2D eigenvalue weighted by molar-refractivity contribution is -0.384. The number of hydrogen-bond donors (Lipinski definition) is 1. The van der Waals surface area contributed by atoms with Crippen molar-refractivity contribution in [2.75, 3.05) is 26.2 Å². The maximum absolute atomic E-state index is 11.2. The van der Waals surface area contributed by atoms with Gasteiger partial charge in [-0.3, -0.25) is 15.1 Å². The third kappa shape index (κ3) is 4.48. The molecule has 0 radical (unpaired) electrons. The second kappa shape index (κ2) is 10.4. The van der Waals surface area contributed by atoms with Crippen LogP contribution in [0.4, 0.5) is 11.4 Å². The molecule has 4 aromatic rings. The van der Waals surface area contributed by atoms with E-state index in [4.69, 9.17) is 30.8 Å². The molecule has 1 aliphatic rings. The summed E-state index contributed by atoms with van der Waals surface area (Å²) in [7, 11) is 4.63. The third-order valence-electron chi connectivity index (χ3n) is 6.32. The van der Waals surface area contributed by atoms with E-state index in [9.17, 15) is 10.1 Å². The lowest BCUT2D eigenvalue weighted by atomic mass is 10.0. The SMILES string of the molecule is COc1ccc(N2C(=S)NC(c3ccccn3)C2c2ccc(-c3ccc([N+](=O)[O-])cc3OC)o2)c(OC)c1. The van der Waals surface area contributed by atoms with Gasteiger partial charge in [0.2, 0.25) is 0 Å². The monoisotopic (exact) mass is 532 g/mol. The van der Waals surface area contributed by atoms with Gasteiger partial charge in [-0.15, -0.1) is 0 Å². The van der Waals surface area contributed by atoms with Gasteiger partial charge in [-0.2, -0.15) is 0 Å². The molecule has 11 heteroatoms. The molecule has 1 aliphatic heterocycles. The Morgan fingerprint density at radius 3 is 2.50 bits per heavy atom. The number of non-ortho nitro benzene ring substituents is 1. The Labute approximate surface area is 223 Å². The molecule has 5 rings (SSSR count). The number of hydrogen-bond acceptors (Lipinski definition) is 8. The first-order valence-electron chi connectivity index (χ1n) is 11.6. The molecule has 2 unspecified atom stereocenters. The number of nitrogens with one attached hydrogen (secondary N) is 1. The molecule has 38 heavy (non-hydrogen) atoms. The number of thiocarbonyl (C=S) groups is 1. The van der Waals surface area contributed by atoms with Crippen molar-refractivity contribution in [3.63, 3.8) is 0 Å². The first-order chi connectivity index (χ1) is 18.4. The van der Waals surface area contributed by atoms with Crippen molar-refractivity contribution in [1.82, 2.24) is 10.3 Å². The Morgan fingerprint density at radius 2 is 1.82 bits per heavy atom. The van der Waals surface area contributed by atoms with E-state index in [2.05, 4.69) is 10.3 Å². The summed E-state index contributed by atoms with van der Waals surface area (Å²) in [6, 6.07) is 18.5. The van der Waals surface area contributed by atoms with Crippen LogP contribution in [0.3, 0.4) is 0 Å². The predicted molar refractivity (Wildman–Crippen MR) is 145 cm³/mol. The highest BCUT2D eigenvalue weighted by molar-refractivity contribution is 7.80. The van der Waals surface area contributed by atoms with E-state index in [-0.39, 0.29) is 11.7 Å². The van der Waals surface area contributed by atoms with Crippen molar-refractivity contribution in [3.05, 3.63) is 94.5 Å². The molecule has 2 atom stereocenters. The van der Waals surface area contributed by atoms with E-state index in [1.807, 2.05) is 41.3 Å². The van der Waals surface area contributed by atoms with Crippen LogP contribution in [0.25, 0.3) is 11.3 Å². The van der Waals surface area contributed by atoms with E-state index in [1.54, 1.807) is 38.6 Å². The van der Waals surface area contributed by atoms with Gasteiger partial charge in [-0.05, 0) is 54.7 Å². The minimum atomic E-state index is -0.470. The van der Waals surface area contributed by atoms with Crippen molar-refractivity contribution in [3.8, 4) is 28.6 Å². The average Bonchev–Trinajstić information content (AvgIpc) is 3.57. The molecule has 2 aromatic carbocycles. The molecule has 1 saturated heterocycles. The van der Waals surface area contributed by atoms with Crippen molar-refractivity contribution in [2.24, 2.45) is 0 Å². The number of ether oxygens (including phenoxy) is 3. The van der Waals surface area contributed by atoms with Crippen LogP contribution in [-0.2, 0) is 0 Å². The van der Waals surface area contributed by atoms with Gasteiger partial charge in [0, 0.05) is 18.3 Å². The molecule has 194 valence electrons. The highest BCUT2D eigenvalue weighted by atomic mass is 32.1. The number of benzene rings is 2. The fourth-order valence-electron chi connectivity index (χ4n) is 4.54. The first kappa shape index (κ1) is 25.0. The summed E-state index contributed by atoms with van der Waals surface area (Å²) in [5.74, 6) is 2.64. The number of aromatic nitrogens is 1. The van der Waals surface area contributed by atoms with Crippen LogP contribution in [0.2, 0.25) is 0 Å². The first-order valence-corrected chi connectivity index (χ1v) is 12.0. The van der Waals surface area contributed by atoms with E-state index >= 15 is 0 Å². The summed E-state index contributed by atoms with van der Waals surface area (Å²) in [4.78, 5) is 17.3. The Bertz CT molecular complexity index is 1490. The summed E-state index contributed by atoms with van der Waals surface area (Å²) >= 11 is 5.80. The van der Waals surface area contributed by atoms with Gasteiger partial charge in [-0.1, -0.05) is 6.07 Å². The molecule has 0 amide bonds. The minimum Gasteiger partial charge on any atom is -0.497 e. The van der Waals surface area contributed by atoms with Gasteiger partial charge in [-0.25, -0.2) is 0 Å². The van der Waals surface area contributed by atoms with E-state index in [1.165, 1.54) is 19.2 Å². The van der Waals surface area contributed by atoms with E-state index in [0.717, 1.165) is 11.4 Å². The maximum atomic E-state index is 11.2. The van der Waals surface area contributed by atoms with Gasteiger partial charge in [0.1, 0.15) is 34.8 Å². The zero-order valence-electron chi connectivity index (χ0n) is 20.8. The highest BCUT2D eigenvalue weighted by Gasteiger charge is 2.43. The largest absolute Gasteiger partial charge is 0.497 e. The molecule has 10 nitrogen and oxygen atoms in total. The summed E-state index contributed by atoms with van der Waals surface area (Å²) in [6.07, 6.45) is 1.73. The maximum Gasteiger partial charge on any atom is 0.273 e. The normalized spacial score (nSPS) is 16.7. The summed E-state index contributed by atoms with van der Waals surface area (Å²) in [6.45, 7) is 0. The number of methoxy groups -OCH3 is 3. The zero-order valence-corrected chi connectivity index (χ0v) is 21.6. The Balaban J connectivity index is 1.62. The molecule has 0 bridgehead atoms. The zero-order chi connectivity index (χ0) is 26.8. The van der Waals surface area contributed by atoms with E-state index in [0.29, 0.717) is 39.4 Å². The van der Waals surface area contributed by atoms with Crippen LogP contribution >= 0.6 is 12.2 Å². The number of rotatable bonds is 8. The second-order valence-electron chi connectivity index (χ2n) is 8.38. The lowest BCUT2D eigenvalue weighted by Crippen LogP contribution is -2.29. The van der Waals surface area contributed by atoms with Crippen LogP contribution in [0.1, 0.15) is 23.5 Å². The molecular formula is C27H24N4O6S. The molecule has 0 saturated carbocycles. The van der Waals surface area contributed by atoms with Crippen LogP contribution < -0.4 is 24.4 Å². The van der Waals surface area contributed by atoms with Crippen molar-refractivity contribution in [1.29, 1.82) is 0 Å². The Hall–Kier alpha value is -4.64. The molecule has 1 N–H and O–H groups in total. The predicted octanol–water partition coefficient (Wildman–Crippen LogP) is 5.45. The van der Waals surface area contributed by atoms with Gasteiger partial charge < -0.3 is 28.8 Å². The van der Waals surface area contributed by atoms with E-state index < -0.39 is 11.0 Å². The van der Waals surface area contributed by atoms with Gasteiger partial charge in [0.15, 0.2) is 5.11 Å². The smallest absolute Gasteiger partial charge is 0.273 e. The van der Waals surface area contributed by atoms with Gasteiger partial charge >= 0.3 is 0 Å². The van der Waals surface area contributed by atoms with Crippen LogP contribution in [-0.4, -0.2) is 36.3 Å². The molecule has 0 aliphatic carbocycles. The Kier molecular flexibility index (Phi) is 6.84. The third-order valence-corrected chi connectivity index (χ3v) is 6.64. The Morgan fingerprint density at radius 1 is 1.00 bits per heavy atom. The van der Waals surface area contributed by atoms with Crippen molar-refractivity contribution in [2.45, 2.75) is 12.1 Å². The number of anilines is 1. The summed E-state index contributed by atoms with van der Waals surface area (Å²) in [5, 5.41) is 15.1. The molecule has 3 heterocycles. The number of furan rings is 1. The van der Waals surface area contributed by atoms with Crippen molar-refractivity contribution >= 4 is 28.7 Å². The fraction of sp³-hybridized carbons (Fsp3) is 0.185. The molecule has 1 fully saturated rings. The topological polar surface area (TPSA) is 112 Å². The molecular weight excluding hydrogens is 508 g/mol. The molecule has 0 spiro atoms. The van der Waals surface area contributed by atoms with Crippen LogP contribution in [0, 0.1) is 10.1 Å². The average molecular weight is 533 g/mol. The number of nitro groups is 1. The highest BCUT2D eigenvalue weighted by Crippen LogP contribution is 2.46. The lowest BCUT2D eigenvalue weighted by Gasteiger charge is -2.27. The van der Waals surface area contributed by atoms with Gasteiger partial charge in [0.25, 0.3) is 5.69 Å². The van der Waals surface area contributed by atoms with Crippen LogP contribution in [0.15, 0.2) is 77.3 Å². The quantitative estimate of drug-likeness (QED) is 0.178. The standard InChI is InChI=1S/C27H24N4O6S/c1-34-17-8-10-20(24(15-17)36-3)30-26(25(29-27(30)38)19-6-4-5-13-28-19)22-12-11-21(37-22)18-9-7-16(31(32)33)14-23(18)35-2/h4-15,25-26H,1-3H3,(H,29,38). The van der Waals surface area contributed by atoms with Crippen LogP contribution in [0.5, 0.6) is 17.2 Å². The number of nitrogens with zero attached hydrogens (tertiary/aromatic N) is 3. The van der Waals surface area contributed by atoms with Crippen molar-refractivity contribution < 1.29 is 23.6 Å². The second-order valence-corrected chi connectivity index (χ2v) is 8.76. The minimum absolute atomic E-state index is 0.0734. The summed E-state index contributed by atoms with van der Waals surface area (Å²) in [5.41, 5.74) is 2.01. The van der Waals surface area contributed by atoms with Gasteiger partial charge in [0.05, 0.1) is 55.3 Å². The summed E-state index contributed by atoms with van der Waals surface area (Å²) < 4.78 is 22.9. The number of pyridine rings is 1. The molecule has 2 aromatic heterocycles. The number of nitro benzene ring substituents is 1. The fourth-order valence-corrected chi connectivity index (χ4v) is 4.88.